The van der Waals surface area contributed by atoms with E-state index >= 15 is 0 Å². The smallest absolute Gasteiger partial charge is 0.414 e. The molecule has 0 unspecified atom stereocenters. The highest BCUT2D eigenvalue weighted by Gasteiger charge is 2.31. The molecule has 0 amide bonds. The predicted octanol–water partition coefficient (Wildman–Crippen LogP) is 5.64. The van der Waals surface area contributed by atoms with Crippen LogP contribution in [0.15, 0.2) is 61.2 Å². The summed E-state index contributed by atoms with van der Waals surface area (Å²) in [5, 5.41) is 14.8. The Labute approximate surface area is 220 Å². The van der Waals surface area contributed by atoms with Gasteiger partial charge in [-0.2, -0.15) is 0 Å². The zero-order chi connectivity index (χ0) is 27.0. The van der Waals surface area contributed by atoms with Crippen LogP contribution in [0.25, 0.3) is 0 Å². The lowest BCUT2D eigenvalue weighted by atomic mass is 9.81. The molecule has 37 heavy (non-hydrogen) atoms. The first kappa shape index (κ1) is 29.9. The number of hydrogen-bond donors (Lipinski definition) is 2. The van der Waals surface area contributed by atoms with Crippen molar-refractivity contribution in [3.63, 3.8) is 0 Å². The maximum absolute atomic E-state index is 9.10. The quantitative estimate of drug-likeness (QED) is 0.216. The highest BCUT2D eigenvalue weighted by Crippen LogP contribution is 2.35. The second kappa shape index (κ2) is 16.4. The average molecular weight is 512 g/mol. The Morgan fingerprint density at radius 2 is 1.78 bits per heavy atom. The number of methoxy groups -OCH3 is 1. The summed E-state index contributed by atoms with van der Waals surface area (Å²) in [4.78, 5) is 20.8. The van der Waals surface area contributed by atoms with Gasteiger partial charge >= 0.3 is 11.9 Å². The SMILES string of the molecule is C=CCc1ccc(OC[C@@H]2CN(CCCCCC)CC[C@H]2c2ccccc2)c(OC)c1.O=C(O)C(=O)O. The van der Waals surface area contributed by atoms with Gasteiger partial charge in [-0.25, -0.2) is 9.59 Å². The number of hydrogen-bond acceptors (Lipinski definition) is 5. The molecule has 0 aromatic heterocycles. The second-order valence-electron chi connectivity index (χ2n) is 9.33. The largest absolute Gasteiger partial charge is 0.493 e. The van der Waals surface area contributed by atoms with Crippen LogP contribution in [0.5, 0.6) is 11.5 Å². The summed E-state index contributed by atoms with van der Waals surface area (Å²) in [7, 11) is 1.71. The van der Waals surface area contributed by atoms with Crippen molar-refractivity contribution in [3.8, 4) is 11.5 Å². The van der Waals surface area contributed by atoms with Gasteiger partial charge in [-0.15, -0.1) is 6.58 Å². The first-order valence-corrected chi connectivity index (χ1v) is 13.0. The van der Waals surface area contributed by atoms with E-state index in [4.69, 9.17) is 29.3 Å². The molecular formula is C30H41NO6. The van der Waals surface area contributed by atoms with Gasteiger partial charge in [-0.05, 0) is 61.5 Å². The summed E-state index contributed by atoms with van der Waals surface area (Å²) >= 11 is 0. The van der Waals surface area contributed by atoms with Crippen molar-refractivity contribution >= 4 is 11.9 Å². The van der Waals surface area contributed by atoms with E-state index in [-0.39, 0.29) is 0 Å². The van der Waals surface area contributed by atoms with E-state index in [1.54, 1.807) is 7.11 Å². The maximum Gasteiger partial charge on any atom is 0.414 e. The molecule has 1 fully saturated rings. The van der Waals surface area contributed by atoms with Gasteiger partial charge in [0.25, 0.3) is 0 Å². The third-order valence-electron chi connectivity index (χ3n) is 6.62. The Bertz CT molecular complexity index is 965. The highest BCUT2D eigenvalue weighted by atomic mass is 16.5. The molecule has 202 valence electrons. The molecule has 1 saturated heterocycles. The Morgan fingerprint density at radius 3 is 2.41 bits per heavy atom. The fourth-order valence-electron chi connectivity index (χ4n) is 4.70. The number of likely N-dealkylation sites (tertiary alicyclic amines) is 1. The number of carbonyl (C=O) groups is 2. The molecule has 2 aromatic carbocycles. The fraction of sp³-hybridized carbons (Fsp3) is 0.467. The molecule has 2 N–H and O–H groups in total. The van der Waals surface area contributed by atoms with Crippen LogP contribution in [0.4, 0.5) is 0 Å². The molecule has 0 saturated carbocycles. The van der Waals surface area contributed by atoms with Crippen LogP contribution in [0, 0.1) is 5.92 Å². The van der Waals surface area contributed by atoms with E-state index in [0.29, 0.717) is 18.4 Å². The van der Waals surface area contributed by atoms with Crippen molar-refractivity contribution in [2.75, 3.05) is 33.4 Å². The lowest BCUT2D eigenvalue weighted by Crippen LogP contribution is -2.42. The normalized spacial score (nSPS) is 17.2. The third kappa shape index (κ3) is 10.3. The third-order valence-corrected chi connectivity index (χ3v) is 6.62. The molecule has 1 aliphatic rings. The fourth-order valence-corrected chi connectivity index (χ4v) is 4.70. The van der Waals surface area contributed by atoms with Crippen LogP contribution < -0.4 is 9.47 Å². The van der Waals surface area contributed by atoms with Crippen molar-refractivity contribution in [1.29, 1.82) is 0 Å². The Hall–Kier alpha value is -3.32. The van der Waals surface area contributed by atoms with Crippen LogP contribution >= 0.6 is 0 Å². The molecule has 7 nitrogen and oxygen atoms in total. The summed E-state index contributed by atoms with van der Waals surface area (Å²) in [5.74, 6) is -0.992. The molecule has 2 aromatic rings. The van der Waals surface area contributed by atoms with Crippen LogP contribution in [-0.2, 0) is 16.0 Å². The lowest BCUT2D eigenvalue weighted by molar-refractivity contribution is -0.159. The molecule has 0 aliphatic carbocycles. The molecule has 3 rings (SSSR count). The van der Waals surface area contributed by atoms with Crippen molar-refractivity contribution in [3.05, 3.63) is 72.3 Å². The van der Waals surface area contributed by atoms with Gasteiger partial charge in [0.05, 0.1) is 13.7 Å². The summed E-state index contributed by atoms with van der Waals surface area (Å²) in [6.07, 6.45) is 9.22. The number of benzene rings is 2. The number of unbranched alkanes of at least 4 members (excludes halogenated alkanes) is 3. The van der Waals surface area contributed by atoms with Crippen LogP contribution in [-0.4, -0.2) is 60.4 Å². The number of aliphatic carboxylic acids is 2. The van der Waals surface area contributed by atoms with Crippen LogP contribution in [0.3, 0.4) is 0 Å². The highest BCUT2D eigenvalue weighted by molar-refractivity contribution is 6.27. The Morgan fingerprint density at radius 1 is 1.05 bits per heavy atom. The van der Waals surface area contributed by atoms with E-state index in [9.17, 15) is 0 Å². The summed E-state index contributed by atoms with van der Waals surface area (Å²) in [6, 6.07) is 17.2. The van der Waals surface area contributed by atoms with Crippen molar-refractivity contribution in [2.24, 2.45) is 5.92 Å². The van der Waals surface area contributed by atoms with Gasteiger partial charge in [0.15, 0.2) is 11.5 Å². The van der Waals surface area contributed by atoms with Gasteiger partial charge in [0, 0.05) is 12.5 Å². The molecule has 0 spiro atoms. The van der Waals surface area contributed by atoms with E-state index in [1.807, 2.05) is 12.1 Å². The maximum atomic E-state index is 9.10. The van der Waals surface area contributed by atoms with Gasteiger partial charge in [0.2, 0.25) is 0 Å². The number of rotatable bonds is 12. The second-order valence-corrected chi connectivity index (χ2v) is 9.33. The summed E-state index contributed by atoms with van der Waals surface area (Å²) in [6.45, 7) is 10.3. The number of nitrogens with zero attached hydrogens (tertiary/aromatic N) is 1. The van der Waals surface area contributed by atoms with Crippen LogP contribution in [0.1, 0.15) is 56.1 Å². The minimum Gasteiger partial charge on any atom is -0.493 e. The molecule has 1 heterocycles. The van der Waals surface area contributed by atoms with Crippen molar-refractivity contribution in [1.82, 2.24) is 4.90 Å². The molecular weight excluding hydrogens is 470 g/mol. The Balaban J connectivity index is 0.000000717. The lowest BCUT2D eigenvalue weighted by Gasteiger charge is -2.39. The molecule has 1 aliphatic heterocycles. The van der Waals surface area contributed by atoms with E-state index in [1.165, 1.54) is 56.3 Å². The number of allylic oxidation sites excluding steroid dienone is 1. The topological polar surface area (TPSA) is 96.3 Å². The van der Waals surface area contributed by atoms with Crippen molar-refractivity contribution in [2.45, 2.75) is 51.4 Å². The average Bonchev–Trinajstić information content (AvgIpc) is 2.91. The van der Waals surface area contributed by atoms with Gasteiger partial charge in [0.1, 0.15) is 0 Å². The van der Waals surface area contributed by atoms with E-state index in [0.717, 1.165) is 24.5 Å². The standard InChI is InChI=1S/C28H39NO2.C2H2O4/c1-4-6-7-11-18-29-19-17-26(24-13-9-8-10-14-24)25(21-29)22-31-27-16-15-23(12-5-2)20-28(27)30-3;3-1(4)2(5)6/h5,8-10,13-16,20,25-26H,2,4,6-7,11-12,17-19,21-22H2,1,3H3;(H,3,4)(H,5,6)/t25-,26-;/m0./s1. The summed E-state index contributed by atoms with van der Waals surface area (Å²) < 4.78 is 12.0. The minimum absolute atomic E-state index is 0.472. The number of ether oxygens (including phenoxy) is 2. The van der Waals surface area contributed by atoms with E-state index in [2.05, 4.69) is 60.9 Å². The van der Waals surface area contributed by atoms with Crippen molar-refractivity contribution < 1.29 is 29.3 Å². The van der Waals surface area contributed by atoms with Gasteiger partial charge < -0.3 is 24.6 Å². The monoisotopic (exact) mass is 511 g/mol. The first-order valence-electron chi connectivity index (χ1n) is 13.0. The van der Waals surface area contributed by atoms with Crippen LogP contribution in [0.2, 0.25) is 0 Å². The predicted molar refractivity (Wildman–Crippen MR) is 146 cm³/mol. The first-order chi connectivity index (χ1) is 17.9. The number of carboxylic acids is 2. The zero-order valence-electron chi connectivity index (χ0n) is 22.1. The van der Waals surface area contributed by atoms with E-state index < -0.39 is 11.9 Å². The molecule has 7 heteroatoms. The molecule has 0 radical (unpaired) electrons. The zero-order valence-corrected chi connectivity index (χ0v) is 22.1. The molecule has 2 atom stereocenters. The minimum atomic E-state index is -1.82. The van der Waals surface area contributed by atoms with Gasteiger partial charge in [-0.1, -0.05) is 68.7 Å². The van der Waals surface area contributed by atoms with Gasteiger partial charge in [-0.3, -0.25) is 0 Å². The summed E-state index contributed by atoms with van der Waals surface area (Å²) in [5.41, 5.74) is 2.63. The molecule has 0 bridgehead atoms. The Kier molecular flexibility index (Phi) is 13.3. The number of carboxylic acid groups (broad SMARTS) is 2. The number of piperidine rings is 1.